The topological polar surface area (TPSA) is 55.1 Å². The third kappa shape index (κ3) is 2.93. The highest BCUT2D eigenvalue weighted by molar-refractivity contribution is 9.11. The fourth-order valence-electron chi connectivity index (χ4n) is 1.41. The van der Waals surface area contributed by atoms with E-state index in [1.54, 1.807) is 17.5 Å². The monoisotopic (exact) mass is 388 g/mol. The Balaban J connectivity index is 2.24. The molecule has 1 heterocycles. The number of benzene rings is 1. The van der Waals surface area contributed by atoms with Gasteiger partial charge in [0.1, 0.15) is 0 Å². The Hall–Kier alpha value is -0.850. The van der Waals surface area contributed by atoms with E-state index in [4.69, 9.17) is 5.73 Å². The molecule has 0 bridgehead atoms. The summed E-state index contributed by atoms with van der Waals surface area (Å²) in [7, 11) is 0. The molecule has 0 unspecified atom stereocenters. The van der Waals surface area contributed by atoms with Gasteiger partial charge in [-0.25, -0.2) is 0 Å². The van der Waals surface area contributed by atoms with E-state index in [-0.39, 0.29) is 5.91 Å². The fourth-order valence-corrected chi connectivity index (χ4v) is 3.10. The predicted molar refractivity (Wildman–Crippen MR) is 83.3 cm³/mol. The van der Waals surface area contributed by atoms with Gasteiger partial charge in [-0.3, -0.25) is 4.79 Å². The van der Waals surface area contributed by atoms with Gasteiger partial charge in [0, 0.05) is 15.5 Å². The van der Waals surface area contributed by atoms with Crippen molar-refractivity contribution >= 4 is 60.5 Å². The Labute approximate surface area is 126 Å². The van der Waals surface area contributed by atoms with Crippen LogP contribution in [0.15, 0.2) is 31.8 Å². The first-order valence-corrected chi connectivity index (χ1v) is 7.55. The lowest BCUT2D eigenvalue weighted by atomic mass is 10.2. The first kappa shape index (κ1) is 13.6. The van der Waals surface area contributed by atoms with Gasteiger partial charge in [-0.1, -0.05) is 0 Å². The number of nitrogens with two attached hydrogens (primary N) is 1. The number of amides is 1. The van der Waals surface area contributed by atoms with E-state index in [0.29, 0.717) is 16.9 Å². The average molecular weight is 390 g/mol. The number of rotatable bonds is 2. The van der Waals surface area contributed by atoms with Crippen molar-refractivity contribution in [2.75, 3.05) is 11.1 Å². The molecule has 2 aromatic rings. The molecule has 0 radical (unpaired) electrons. The Morgan fingerprint density at radius 2 is 2.06 bits per heavy atom. The molecule has 18 heavy (non-hydrogen) atoms. The number of nitrogen functional groups attached to an aromatic ring is 1. The number of hydrogen-bond acceptors (Lipinski definition) is 3. The molecule has 0 fully saturated rings. The highest BCUT2D eigenvalue weighted by Gasteiger charge is 2.11. The maximum atomic E-state index is 12.0. The maximum Gasteiger partial charge on any atom is 0.256 e. The highest BCUT2D eigenvalue weighted by atomic mass is 79.9. The Bertz CT molecular complexity index is 610. The van der Waals surface area contributed by atoms with Crippen molar-refractivity contribution in [1.82, 2.24) is 0 Å². The molecule has 0 aliphatic heterocycles. The van der Waals surface area contributed by atoms with Crippen LogP contribution in [0.2, 0.25) is 0 Å². The van der Waals surface area contributed by atoms with Gasteiger partial charge in [0.05, 0.1) is 15.0 Å². The summed E-state index contributed by atoms with van der Waals surface area (Å²) in [6, 6.07) is 5.42. The van der Waals surface area contributed by atoms with E-state index in [9.17, 15) is 4.79 Å². The lowest BCUT2D eigenvalue weighted by molar-refractivity contribution is 0.102. The summed E-state index contributed by atoms with van der Waals surface area (Å²) in [6.45, 7) is 1.92. The molecule has 3 N–H and O–H groups in total. The predicted octanol–water partition coefficient (Wildman–Crippen LogP) is 4.42. The summed E-state index contributed by atoms with van der Waals surface area (Å²) in [5.41, 5.74) is 8.75. The van der Waals surface area contributed by atoms with Crippen LogP contribution >= 0.6 is 43.2 Å². The molecule has 0 aliphatic rings. The zero-order valence-electron chi connectivity index (χ0n) is 9.46. The second kappa shape index (κ2) is 5.42. The zero-order chi connectivity index (χ0) is 13.3. The SMILES string of the molecule is Cc1cc(Br)c(NC(=O)c2csc(Br)c2)cc1N. The van der Waals surface area contributed by atoms with E-state index in [2.05, 4.69) is 37.2 Å². The number of hydrogen-bond donors (Lipinski definition) is 2. The van der Waals surface area contributed by atoms with Crippen LogP contribution in [0.5, 0.6) is 0 Å². The molecule has 1 aromatic heterocycles. The second-order valence-corrected chi connectivity index (χ2v) is 6.93. The van der Waals surface area contributed by atoms with E-state index in [0.717, 1.165) is 13.8 Å². The zero-order valence-corrected chi connectivity index (χ0v) is 13.4. The molecule has 0 aliphatic carbocycles. The van der Waals surface area contributed by atoms with E-state index < -0.39 is 0 Å². The summed E-state index contributed by atoms with van der Waals surface area (Å²) in [4.78, 5) is 12.0. The van der Waals surface area contributed by atoms with E-state index >= 15 is 0 Å². The summed E-state index contributed by atoms with van der Waals surface area (Å²) in [5, 5.41) is 4.62. The molecular formula is C12H10Br2N2OS. The minimum Gasteiger partial charge on any atom is -0.398 e. The van der Waals surface area contributed by atoms with Gasteiger partial charge in [-0.2, -0.15) is 0 Å². The van der Waals surface area contributed by atoms with Crippen LogP contribution in [0.1, 0.15) is 15.9 Å². The Kier molecular flexibility index (Phi) is 4.09. The summed E-state index contributed by atoms with van der Waals surface area (Å²) >= 11 is 8.21. The average Bonchev–Trinajstić information content (AvgIpc) is 2.73. The molecule has 1 aromatic carbocycles. The summed E-state index contributed by atoms with van der Waals surface area (Å²) in [6.07, 6.45) is 0. The van der Waals surface area contributed by atoms with Crippen LogP contribution in [0.25, 0.3) is 0 Å². The van der Waals surface area contributed by atoms with Gasteiger partial charge in [0.2, 0.25) is 0 Å². The number of thiophene rings is 1. The van der Waals surface area contributed by atoms with Crippen molar-refractivity contribution in [2.45, 2.75) is 6.92 Å². The number of aryl methyl sites for hydroxylation is 1. The summed E-state index contributed by atoms with van der Waals surface area (Å²) in [5.74, 6) is -0.152. The quantitative estimate of drug-likeness (QED) is 0.747. The van der Waals surface area contributed by atoms with Gasteiger partial charge >= 0.3 is 0 Å². The molecule has 94 valence electrons. The summed E-state index contributed by atoms with van der Waals surface area (Å²) < 4.78 is 1.74. The number of carbonyl (C=O) groups is 1. The lowest BCUT2D eigenvalue weighted by Gasteiger charge is -2.09. The fraction of sp³-hybridized carbons (Fsp3) is 0.0833. The van der Waals surface area contributed by atoms with Gasteiger partial charge in [0.15, 0.2) is 0 Å². The largest absolute Gasteiger partial charge is 0.398 e. The molecule has 3 nitrogen and oxygen atoms in total. The standard InChI is InChI=1S/C12H10Br2N2OS/c1-6-2-8(13)10(4-9(6)15)16-12(17)7-3-11(14)18-5-7/h2-5H,15H2,1H3,(H,16,17). The molecule has 1 amide bonds. The van der Waals surface area contributed by atoms with Crippen molar-refractivity contribution in [1.29, 1.82) is 0 Å². The minimum atomic E-state index is -0.152. The van der Waals surface area contributed by atoms with Gasteiger partial charge in [-0.15, -0.1) is 11.3 Å². The molecular weight excluding hydrogens is 380 g/mol. The third-order valence-corrected chi connectivity index (χ3v) is 4.59. The number of nitrogens with one attached hydrogen (secondary N) is 1. The van der Waals surface area contributed by atoms with Crippen molar-refractivity contribution in [3.05, 3.63) is 43.0 Å². The lowest BCUT2D eigenvalue weighted by Crippen LogP contribution is -2.11. The minimum absolute atomic E-state index is 0.152. The van der Waals surface area contributed by atoms with Gasteiger partial charge in [0.25, 0.3) is 5.91 Å². The Morgan fingerprint density at radius 3 is 2.67 bits per heavy atom. The van der Waals surface area contributed by atoms with Crippen molar-refractivity contribution in [3.8, 4) is 0 Å². The van der Waals surface area contributed by atoms with Crippen LogP contribution in [0.3, 0.4) is 0 Å². The second-order valence-electron chi connectivity index (χ2n) is 3.78. The normalized spacial score (nSPS) is 10.4. The first-order chi connectivity index (χ1) is 8.47. The van der Waals surface area contributed by atoms with Crippen LogP contribution in [-0.4, -0.2) is 5.91 Å². The van der Waals surface area contributed by atoms with E-state index in [1.165, 1.54) is 11.3 Å². The van der Waals surface area contributed by atoms with Gasteiger partial charge < -0.3 is 11.1 Å². The highest BCUT2D eigenvalue weighted by Crippen LogP contribution is 2.29. The molecule has 0 atom stereocenters. The van der Waals surface area contributed by atoms with Crippen LogP contribution in [0, 0.1) is 6.92 Å². The molecule has 2 rings (SSSR count). The van der Waals surface area contributed by atoms with Crippen molar-refractivity contribution in [3.63, 3.8) is 0 Å². The first-order valence-electron chi connectivity index (χ1n) is 5.08. The number of anilines is 2. The van der Waals surface area contributed by atoms with Crippen molar-refractivity contribution in [2.24, 2.45) is 0 Å². The number of carbonyl (C=O) groups excluding carboxylic acids is 1. The van der Waals surface area contributed by atoms with Gasteiger partial charge in [-0.05, 0) is 62.5 Å². The van der Waals surface area contributed by atoms with Crippen LogP contribution in [0.4, 0.5) is 11.4 Å². The van der Waals surface area contributed by atoms with E-state index in [1.807, 2.05) is 13.0 Å². The van der Waals surface area contributed by atoms with Crippen LogP contribution in [-0.2, 0) is 0 Å². The smallest absolute Gasteiger partial charge is 0.256 e. The maximum absolute atomic E-state index is 12.0. The Morgan fingerprint density at radius 1 is 1.33 bits per heavy atom. The molecule has 0 saturated heterocycles. The number of halogens is 2. The molecule has 6 heteroatoms. The molecule has 0 saturated carbocycles. The van der Waals surface area contributed by atoms with Crippen LogP contribution < -0.4 is 11.1 Å². The molecule has 0 spiro atoms. The van der Waals surface area contributed by atoms with Crippen molar-refractivity contribution < 1.29 is 4.79 Å². The third-order valence-electron chi connectivity index (χ3n) is 2.43.